The molecule has 0 aliphatic heterocycles. The van der Waals surface area contributed by atoms with Crippen LogP contribution in [0.3, 0.4) is 0 Å². The highest BCUT2D eigenvalue weighted by Gasteiger charge is 2.17. The summed E-state index contributed by atoms with van der Waals surface area (Å²) in [5, 5.41) is 0. The van der Waals surface area contributed by atoms with E-state index in [-0.39, 0.29) is 10.8 Å². The van der Waals surface area contributed by atoms with Gasteiger partial charge in [-0.15, -0.1) is 0 Å². The molecular weight excluding hydrogens is 256 g/mol. The molecule has 0 N–H and O–H groups in total. The summed E-state index contributed by atoms with van der Waals surface area (Å²) in [4.78, 5) is 11.1. The molecule has 15 heavy (non-hydrogen) atoms. The van der Waals surface area contributed by atoms with Crippen molar-refractivity contribution in [3.63, 3.8) is 0 Å². The number of hydrogen-bond donors (Lipinski definition) is 0. The van der Waals surface area contributed by atoms with Crippen molar-refractivity contribution in [2.75, 3.05) is 6.61 Å². The number of benzene rings is 1. The van der Waals surface area contributed by atoms with Crippen molar-refractivity contribution in [1.82, 2.24) is 0 Å². The number of rotatable bonds is 4. The van der Waals surface area contributed by atoms with E-state index in [0.29, 0.717) is 6.61 Å². The first-order valence-electron chi connectivity index (χ1n) is 5.08. The van der Waals surface area contributed by atoms with Crippen LogP contribution in [0.15, 0.2) is 24.3 Å². The minimum atomic E-state index is -0.358. The first-order valence-corrected chi connectivity index (χ1v) is 6.00. The summed E-state index contributed by atoms with van der Waals surface area (Å²) in [5.41, 5.74) is 2.20. The molecule has 82 valence electrons. The Morgan fingerprint density at radius 2 is 1.93 bits per heavy atom. The maximum atomic E-state index is 11.4. The van der Waals surface area contributed by atoms with Crippen molar-refractivity contribution in [2.45, 2.75) is 25.1 Å². The lowest BCUT2D eigenvalue weighted by molar-refractivity contribution is -0.142. The Balaban J connectivity index is 2.73. The highest BCUT2D eigenvalue weighted by atomic mass is 79.9. The van der Waals surface area contributed by atoms with E-state index >= 15 is 0 Å². The molecule has 0 saturated carbocycles. The van der Waals surface area contributed by atoms with E-state index in [1.165, 1.54) is 5.56 Å². The van der Waals surface area contributed by atoms with Crippen LogP contribution in [0, 0.1) is 0 Å². The van der Waals surface area contributed by atoms with Gasteiger partial charge in [0, 0.05) is 0 Å². The largest absolute Gasteiger partial charge is 0.465 e. The number of carbonyl (C=O) groups is 1. The molecule has 2 nitrogen and oxygen atoms in total. The minimum absolute atomic E-state index is 0.234. The van der Waals surface area contributed by atoms with Crippen LogP contribution in [0.5, 0.6) is 0 Å². The topological polar surface area (TPSA) is 26.3 Å². The lowest BCUT2D eigenvalue weighted by Crippen LogP contribution is -2.10. The van der Waals surface area contributed by atoms with E-state index in [1.54, 1.807) is 6.92 Å². The Kier molecular flexibility index (Phi) is 4.82. The number of aryl methyl sites for hydroxylation is 1. The fourth-order valence-electron chi connectivity index (χ4n) is 1.27. The maximum Gasteiger partial charge on any atom is 0.324 e. The highest BCUT2D eigenvalue weighted by molar-refractivity contribution is 9.09. The van der Waals surface area contributed by atoms with E-state index in [0.717, 1.165) is 12.0 Å². The van der Waals surface area contributed by atoms with Crippen LogP contribution in [0.1, 0.15) is 29.8 Å². The van der Waals surface area contributed by atoms with E-state index in [4.69, 9.17) is 4.74 Å². The van der Waals surface area contributed by atoms with Crippen molar-refractivity contribution in [2.24, 2.45) is 0 Å². The summed E-state index contributed by atoms with van der Waals surface area (Å²) in [5.74, 6) is -0.234. The number of hydrogen-bond acceptors (Lipinski definition) is 2. The molecule has 1 atom stereocenters. The van der Waals surface area contributed by atoms with Crippen LogP contribution in [-0.4, -0.2) is 12.6 Å². The molecule has 1 aromatic carbocycles. The van der Waals surface area contributed by atoms with Gasteiger partial charge in [0.1, 0.15) is 4.83 Å². The van der Waals surface area contributed by atoms with Gasteiger partial charge >= 0.3 is 5.97 Å². The maximum absolute atomic E-state index is 11.4. The zero-order chi connectivity index (χ0) is 11.3. The second-order valence-electron chi connectivity index (χ2n) is 3.21. The lowest BCUT2D eigenvalue weighted by atomic mass is 10.1. The Hall–Kier alpha value is -0.830. The number of esters is 1. The first-order chi connectivity index (χ1) is 7.19. The highest BCUT2D eigenvalue weighted by Crippen LogP contribution is 2.24. The normalized spacial score (nSPS) is 12.2. The Labute approximate surface area is 98.8 Å². The van der Waals surface area contributed by atoms with Gasteiger partial charge in [-0.1, -0.05) is 47.1 Å². The predicted molar refractivity (Wildman–Crippen MR) is 64.1 cm³/mol. The minimum Gasteiger partial charge on any atom is -0.465 e. The summed E-state index contributed by atoms with van der Waals surface area (Å²) in [6.45, 7) is 4.32. The number of carbonyl (C=O) groups excluding carboxylic acids is 1. The van der Waals surface area contributed by atoms with Crippen molar-refractivity contribution in [3.8, 4) is 0 Å². The van der Waals surface area contributed by atoms with Gasteiger partial charge in [-0.05, 0) is 24.5 Å². The zero-order valence-corrected chi connectivity index (χ0v) is 10.6. The molecule has 0 saturated heterocycles. The summed E-state index contributed by atoms with van der Waals surface area (Å²) in [6.07, 6.45) is 1.01. The molecule has 0 heterocycles. The fourth-order valence-corrected chi connectivity index (χ4v) is 1.71. The van der Waals surface area contributed by atoms with Gasteiger partial charge < -0.3 is 4.74 Å². The first kappa shape index (κ1) is 12.2. The summed E-state index contributed by atoms with van der Waals surface area (Å²) in [6, 6.07) is 7.97. The number of halogens is 1. The van der Waals surface area contributed by atoms with Gasteiger partial charge in [0.05, 0.1) is 6.61 Å². The fraction of sp³-hybridized carbons (Fsp3) is 0.417. The van der Waals surface area contributed by atoms with E-state index in [2.05, 4.69) is 22.9 Å². The molecule has 0 aliphatic carbocycles. The quantitative estimate of drug-likeness (QED) is 0.620. The molecule has 0 amide bonds. The van der Waals surface area contributed by atoms with Crippen LogP contribution in [0.4, 0.5) is 0 Å². The van der Waals surface area contributed by atoms with Crippen molar-refractivity contribution in [1.29, 1.82) is 0 Å². The SMILES string of the molecule is CCOC(=O)C(Br)c1ccc(CC)cc1. The monoisotopic (exact) mass is 270 g/mol. The van der Waals surface area contributed by atoms with Crippen LogP contribution in [0.25, 0.3) is 0 Å². The third-order valence-electron chi connectivity index (χ3n) is 2.17. The average molecular weight is 271 g/mol. The Morgan fingerprint density at radius 3 is 2.40 bits per heavy atom. The Morgan fingerprint density at radius 1 is 1.33 bits per heavy atom. The van der Waals surface area contributed by atoms with E-state index in [1.807, 2.05) is 24.3 Å². The molecule has 0 bridgehead atoms. The molecule has 1 rings (SSSR count). The third-order valence-corrected chi connectivity index (χ3v) is 3.08. The standard InChI is InChI=1S/C12H15BrO2/c1-3-9-5-7-10(8-6-9)11(13)12(14)15-4-2/h5-8,11H,3-4H2,1-2H3. The van der Waals surface area contributed by atoms with Gasteiger partial charge in [0.15, 0.2) is 0 Å². The number of ether oxygens (including phenoxy) is 1. The molecule has 0 spiro atoms. The van der Waals surface area contributed by atoms with Crippen molar-refractivity contribution in [3.05, 3.63) is 35.4 Å². The summed E-state index contributed by atoms with van der Waals surface area (Å²) < 4.78 is 4.93. The molecule has 1 unspecified atom stereocenters. The van der Waals surface area contributed by atoms with Gasteiger partial charge in [-0.3, -0.25) is 4.79 Å². The molecular formula is C12H15BrO2. The zero-order valence-electron chi connectivity index (χ0n) is 9.00. The smallest absolute Gasteiger partial charge is 0.324 e. The second kappa shape index (κ2) is 5.91. The average Bonchev–Trinajstić information content (AvgIpc) is 2.28. The lowest BCUT2D eigenvalue weighted by Gasteiger charge is -2.09. The van der Waals surface area contributed by atoms with Gasteiger partial charge in [0.2, 0.25) is 0 Å². The van der Waals surface area contributed by atoms with Gasteiger partial charge in [-0.2, -0.15) is 0 Å². The van der Waals surface area contributed by atoms with Crippen LogP contribution in [0.2, 0.25) is 0 Å². The molecule has 0 radical (unpaired) electrons. The predicted octanol–water partition coefficient (Wildman–Crippen LogP) is 3.25. The van der Waals surface area contributed by atoms with E-state index in [9.17, 15) is 4.79 Å². The third kappa shape index (κ3) is 3.34. The molecule has 1 aromatic rings. The molecule has 3 heteroatoms. The number of alkyl halides is 1. The summed E-state index contributed by atoms with van der Waals surface area (Å²) >= 11 is 3.32. The van der Waals surface area contributed by atoms with Crippen molar-refractivity contribution < 1.29 is 9.53 Å². The molecule has 0 aromatic heterocycles. The molecule has 0 fully saturated rings. The molecule has 0 aliphatic rings. The van der Waals surface area contributed by atoms with Gasteiger partial charge in [-0.25, -0.2) is 0 Å². The van der Waals surface area contributed by atoms with Crippen LogP contribution < -0.4 is 0 Å². The summed E-state index contributed by atoms with van der Waals surface area (Å²) in [7, 11) is 0. The van der Waals surface area contributed by atoms with Crippen LogP contribution >= 0.6 is 15.9 Å². The Bertz CT molecular complexity index is 319. The van der Waals surface area contributed by atoms with Crippen molar-refractivity contribution >= 4 is 21.9 Å². The second-order valence-corrected chi connectivity index (χ2v) is 4.13. The van der Waals surface area contributed by atoms with Gasteiger partial charge in [0.25, 0.3) is 0 Å². The van der Waals surface area contributed by atoms with Crippen LogP contribution in [-0.2, 0) is 16.0 Å². The van der Waals surface area contributed by atoms with E-state index < -0.39 is 0 Å².